The third-order valence-corrected chi connectivity index (χ3v) is 6.18. The average Bonchev–Trinajstić information content (AvgIpc) is 3.30. The van der Waals surface area contributed by atoms with E-state index >= 15 is 0 Å². The summed E-state index contributed by atoms with van der Waals surface area (Å²) in [6, 6.07) is 18.9. The van der Waals surface area contributed by atoms with E-state index in [9.17, 15) is 14.4 Å². The number of amides is 2. The minimum Gasteiger partial charge on any atom is -0.350 e. The Kier molecular flexibility index (Phi) is 6.73. The van der Waals surface area contributed by atoms with Crippen molar-refractivity contribution in [3.8, 4) is 0 Å². The highest BCUT2D eigenvalue weighted by molar-refractivity contribution is 5.94. The van der Waals surface area contributed by atoms with Gasteiger partial charge in [-0.2, -0.15) is 0 Å². The third kappa shape index (κ3) is 5.22. The number of carbonyl (C=O) groups excluding carboxylic acids is 2. The van der Waals surface area contributed by atoms with Crippen LogP contribution in [0, 0.1) is 13.8 Å². The number of likely N-dealkylation sites (tertiary alicyclic amines) is 1. The van der Waals surface area contributed by atoms with Crippen molar-refractivity contribution in [2.45, 2.75) is 45.8 Å². The molecule has 2 heterocycles. The Hall–Kier alpha value is -3.67. The molecule has 3 aromatic rings. The Labute approximate surface area is 193 Å². The number of hydrogen-bond acceptors (Lipinski definition) is 3. The molecule has 170 valence electrons. The van der Waals surface area contributed by atoms with Gasteiger partial charge in [0.1, 0.15) is 6.54 Å². The van der Waals surface area contributed by atoms with Gasteiger partial charge in [-0.15, -0.1) is 0 Å². The molecule has 0 aliphatic carbocycles. The first kappa shape index (κ1) is 22.5. The monoisotopic (exact) mass is 443 g/mol. The zero-order chi connectivity index (χ0) is 23.4. The van der Waals surface area contributed by atoms with Gasteiger partial charge >= 0.3 is 0 Å². The number of hydrogen-bond donors (Lipinski definition) is 1. The van der Waals surface area contributed by atoms with Gasteiger partial charge in [0.2, 0.25) is 5.91 Å². The number of aromatic nitrogens is 1. The zero-order valence-corrected chi connectivity index (χ0v) is 19.1. The van der Waals surface area contributed by atoms with Gasteiger partial charge in [-0.1, -0.05) is 54.1 Å². The molecule has 1 saturated heterocycles. The molecular weight excluding hydrogens is 414 g/mol. The molecule has 4 rings (SSSR count). The molecule has 2 aromatic carbocycles. The quantitative estimate of drug-likeness (QED) is 0.631. The maximum atomic E-state index is 13.4. The first-order valence-electron chi connectivity index (χ1n) is 11.3. The summed E-state index contributed by atoms with van der Waals surface area (Å²) >= 11 is 0. The van der Waals surface area contributed by atoms with Crippen molar-refractivity contribution < 1.29 is 9.59 Å². The van der Waals surface area contributed by atoms with Crippen molar-refractivity contribution in [3.63, 3.8) is 0 Å². The van der Waals surface area contributed by atoms with E-state index in [1.54, 1.807) is 6.07 Å². The lowest BCUT2D eigenvalue weighted by Gasteiger charge is -2.27. The van der Waals surface area contributed by atoms with Crippen LogP contribution >= 0.6 is 0 Å². The van der Waals surface area contributed by atoms with Crippen molar-refractivity contribution in [2.75, 3.05) is 6.54 Å². The van der Waals surface area contributed by atoms with E-state index in [2.05, 4.69) is 37.4 Å². The van der Waals surface area contributed by atoms with Crippen LogP contribution in [-0.2, 0) is 17.9 Å². The van der Waals surface area contributed by atoms with E-state index in [-0.39, 0.29) is 30.0 Å². The molecule has 2 amide bonds. The summed E-state index contributed by atoms with van der Waals surface area (Å²) < 4.78 is 1.30. The van der Waals surface area contributed by atoms with Gasteiger partial charge in [-0.25, -0.2) is 0 Å². The molecule has 1 N–H and O–H groups in total. The van der Waals surface area contributed by atoms with Crippen LogP contribution < -0.4 is 10.9 Å². The fourth-order valence-electron chi connectivity index (χ4n) is 4.41. The highest BCUT2D eigenvalue weighted by Crippen LogP contribution is 2.35. The van der Waals surface area contributed by atoms with Gasteiger partial charge in [0.05, 0.1) is 11.6 Å². The van der Waals surface area contributed by atoms with Crippen LogP contribution in [0.3, 0.4) is 0 Å². The Morgan fingerprint density at radius 3 is 2.61 bits per heavy atom. The maximum Gasteiger partial charge on any atom is 0.255 e. The van der Waals surface area contributed by atoms with Crippen LogP contribution in [0.25, 0.3) is 0 Å². The lowest BCUT2D eigenvalue weighted by Crippen LogP contribution is -2.34. The SMILES string of the molecule is Cc1ccc(C)c(C2CCCN2C(=O)c2ccc(=O)n(CC(=O)NCc3ccccc3)c2)c1. The Bertz CT molecular complexity index is 1220. The number of carbonyl (C=O) groups is 2. The minimum atomic E-state index is -0.311. The Morgan fingerprint density at radius 2 is 1.82 bits per heavy atom. The van der Waals surface area contributed by atoms with E-state index in [0.717, 1.165) is 18.4 Å². The molecule has 33 heavy (non-hydrogen) atoms. The second-order valence-corrected chi connectivity index (χ2v) is 8.66. The van der Waals surface area contributed by atoms with Gasteiger partial charge in [-0.3, -0.25) is 14.4 Å². The topological polar surface area (TPSA) is 71.4 Å². The molecule has 1 aromatic heterocycles. The Balaban J connectivity index is 1.49. The van der Waals surface area contributed by atoms with Gasteiger partial charge in [0.25, 0.3) is 11.5 Å². The molecule has 6 heteroatoms. The molecular formula is C27H29N3O3. The summed E-state index contributed by atoms with van der Waals surface area (Å²) in [5.41, 5.74) is 4.61. The summed E-state index contributed by atoms with van der Waals surface area (Å²) in [7, 11) is 0. The van der Waals surface area contributed by atoms with Crippen molar-refractivity contribution in [3.05, 3.63) is 105 Å². The van der Waals surface area contributed by atoms with Crippen LogP contribution in [0.5, 0.6) is 0 Å². The summed E-state index contributed by atoms with van der Waals surface area (Å²) in [6.45, 7) is 5.06. The molecule has 0 bridgehead atoms. The number of pyridine rings is 1. The van der Waals surface area contributed by atoms with Crippen molar-refractivity contribution >= 4 is 11.8 Å². The average molecular weight is 444 g/mol. The summed E-state index contributed by atoms with van der Waals surface area (Å²) in [5, 5.41) is 2.82. The standard InChI is InChI=1S/C27H29N3O3/c1-19-10-11-20(2)23(15-19)24-9-6-14-30(24)27(33)22-12-13-26(32)29(17-22)18-25(31)28-16-21-7-4-3-5-8-21/h3-5,7-8,10-13,15,17,24H,6,9,14,16,18H2,1-2H3,(H,28,31). The van der Waals surface area contributed by atoms with Gasteiger partial charge in [0, 0.05) is 25.4 Å². The number of nitrogens with one attached hydrogen (secondary N) is 1. The van der Waals surface area contributed by atoms with Crippen LogP contribution in [0.4, 0.5) is 0 Å². The molecule has 0 spiro atoms. The van der Waals surface area contributed by atoms with Crippen LogP contribution in [0.2, 0.25) is 0 Å². The first-order valence-corrected chi connectivity index (χ1v) is 11.3. The largest absolute Gasteiger partial charge is 0.350 e. The van der Waals surface area contributed by atoms with Gasteiger partial charge in [0.15, 0.2) is 0 Å². The number of rotatable bonds is 6. The first-order chi connectivity index (χ1) is 15.9. The predicted octanol–water partition coefficient (Wildman–Crippen LogP) is 3.76. The van der Waals surface area contributed by atoms with Gasteiger partial charge < -0.3 is 14.8 Å². The number of benzene rings is 2. The lowest BCUT2D eigenvalue weighted by atomic mass is 9.97. The van der Waals surface area contributed by atoms with Crippen molar-refractivity contribution in [1.82, 2.24) is 14.8 Å². The van der Waals surface area contributed by atoms with Crippen molar-refractivity contribution in [1.29, 1.82) is 0 Å². The number of nitrogens with zero attached hydrogens (tertiary/aromatic N) is 2. The normalized spacial score (nSPS) is 15.5. The smallest absolute Gasteiger partial charge is 0.255 e. The second kappa shape index (κ2) is 9.86. The fraction of sp³-hybridized carbons (Fsp3) is 0.296. The van der Waals surface area contributed by atoms with Gasteiger partial charge in [-0.05, 0) is 49.4 Å². The van der Waals surface area contributed by atoms with E-state index in [1.807, 2.05) is 35.2 Å². The van der Waals surface area contributed by atoms with E-state index in [4.69, 9.17) is 0 Å². The molecule has 1 aliphatic rings. The maximum absolute atomic E-state index is 13.4. The zero-order valence-electron chi connectivity index (χ0n) is 19.1. The molecule has 1 fully saturated rings. The molecule has 1 aliphatic heterocycles. The third-order valence-electron chi connectivity index (χ3n) is 6.18. The molecule has 0 saturated carbocycles. The van der Waals surface area contributed by atoms with Crippen molar-refractivity contribution in [2.24, 2.45) is 0 Å². The second-order valence-electron chi connectivity index (χ2n) is 8.66. The summed E-state index contributed by atoms with van der Waals surface area (Å²) in [5.74, 6) is -0.392. The highest BCUT2D eigenvalue weighted by atomic mass is 16.2. The molecule has 6 nitrogen and oxygen atoms in total. The lowest BCUT2D eigenvalue weighted by molar-refractivity contribution is -0.121. The van der Waals surface area contributed by atoms with E-state index < -0.39 is 0 Å². The number of aryl methyl sites for hydroxylation is 2. The minimum absolute atomic E-state index is 0.0203. The van der Waals surface area contributed by atoms with Crippen LogP contribution in [-0.4, -0.2) is 27.8 Å². The van der Waals surface area contributed by atoms with E-state index in [1.165, 1.54) is 33.5 Å². The summed E-state index contributed by atoms with van der Waals surface area (Å²) in [6.07, 6.45) is 3.36. The molecule has 0 radical (unpaired) electrons. The highest BCUT2D eigenvalue weighted by Gasteiger charge is 2.31. The predicted molar refractivity (Wildman–Crippen MR) is 128 cm³/mol. The Morgan fingerprint density at radius 1 is 1.03 bits per heavy atom. The molecule has 1 unspecified atom stereocenters. The van der Waals surface area contributed by atoms with Crippen LogP contribution in [0.1, 0.15) is 51.5 Å². The van der Waals surface area contributed by atoms with E-state index in [0.29, 0.717) is 18.7 Å². The fourth-order valence-corrected chi connectivity index (χ4v) is 4.41. The van der Waals surface area contributed by atoms with Crippen LogP contribution in [0.15, 0.2) is 71.7 Å². The summed E-state index contributed by atoms with van der Waals surface area (Å²) in [4.78, 5) is 40.1. The molecule has 1 atom stereocenters.